The molecule has 8 heteroatoms. The number of nitrogens with one attached hydrogen (secondary N) is 2. The lowest BCUT2D eigenvalue weighted by Gasteiger charge is -2.12. The van der Waals surface area contributed by atoms with Gasteiger partial charge in [0.15, 0.2) is 0 Å². The van der Waals surface area contributed by atoms with Gasteiger partial charge in [-0.25, -0.2) is 17.9 Å². The van der Waals surface area contributed by atoms with E-state index in [1.54, 1.807) is 0 Å². The van der Waals surface area contributed by atoms with Crippen molar-refractivity contribution in [1.82, 2.24) is 4.72 Å². The van der Waals surface area contributed by atoms with Gasteiger partial charge in [-0.2, -0.15) is 0 Å². The Morgan fingerprint density at radius 2 is 1.91 bits per heavy atom. The van der Waals surface area contributed by atoms with Crippen molar-refractivity contribution >= 4 is 21.7 Å². The fraction of sp³-hybridized carbons (Fsp3) is 0.533. The standard InChI is InChI=1S/C15H24N2O5S/c1-2-3-4-8-16-14-7-6-12(11-13(14)15(19)20)23(21,22)17-9-5-10-18/h6-7,11,16-18H,2-5,8-10H2,1H3,(H,19,20). The van der Waals surface area contributed by atoms with Crippen LogP contribution in [0.3, 0.4) is 0 Å². The molecule has 0 aromatic heterocycles. The molecule has 0 spiro atoms. The van der Waals surface area contributed by atoms with Gasteiger partial charge >= 0.3 is 5.97 Å². The predicted octanol–water partition coefficient (Wildman–Crippen LogP) is 1.65. The first-order valence-corrected chi connectivity index (χ1v) is 9.12. The second kappa shape index (κ2) is 9.49. The van der Waals surface area contributed by atoms with E-state index >= 15 is 0 Å². The van der Waals surface area contributed by atoms with Crippen LogP contribution in [-0.4, -0.2) is 44.3 Å². The van der Waals surface area contributed by atoms with Gasteiger partial charge in [0.25, 0.3) is 0 Å². The number of carboxylic acid groups (broad SMARTS) is 1. The van der Waals surface area contributed by atoms with Crippen molar-refractivity contribution in [3.8, 4) is 0 Å². The first-order valence-electron chi connectivity index (χ1n) is 7.64. The number of aromatic carboxylic acids is 1. The molecule has 7 nitrogen and oxygen atoms in total. The highest BCUT2D eigenvalue weighted by Crippen LogP contribution is 2.21. The minimum Gasteiger partial charge on any atom is -0.478 e. The Balaban J connectivity index is 2.92. The van der Waals surface area contributed by atoms with Crippen LogP contribution < -0.4 is 10.0 Å². The predicted molar refractivity (Wildman–Crippen MR) is 88.3 cm³/mol. The van der Waals surface area contributed by atoms with E-state index in [0.717, 1.165) is 25.3 Å². The van der Waals surface area contributed by atoms with Crippen LogP contribution in [0.25, 0.3) is 0 Å². The minimum absolute atomic E-state index is 0.0773. The maximum absolute atomic E-state index is 12.1. The molecule has 4 N–H and O–H groups in total. The lowest BCUT2D eigenvalue weighted by atomic mass is 10.1. The average Bonchev–Trinajstić information content (AvgIpc) is 2.51. The van der Waals surface area contributed by atoms with Gasteiger partial charge in [-0.05, 0) is 31.0 Å². The maximum Gasteiger partial charge on any atom is 0.337 e. The zero-order valence-electron chi connectivity index (χ0n) is 13.2. The van der Waals surface area contributed by atoms with Crippen molar-refractivity contribution in [3.63, 3.8) is 0 Å². The molecule has 0 aliphatic heterocycles. The highest BCUT2D eigenvalue weighted by Gasteiger charge is 2.18. The molecular weight excluding hydrogens is 320 g/mol. The van der Waals surface area contributed by atoms with Crippen LogP contribution in [0.15, 0.2) is 23.1 Å². The third kappa shape index (κ3) is 6.17. The van der Waals surface area contributed by atoms with Gasteiger partial charge in [-0.15, -0.1) is 0 Å². The van der Waals surface area contributed by atoms with Gasteiger partial charge in [0.05, 0.1) is 10.5 Å². The van der Waals surface area contributed by atoms with E-state index < -0.39 is 16.0 Å². The number of sulfonamides is 1. The molecular formula is C15H24N2O5S. The van der Waals surface area contributed by atoms with Crippen LogP contribution in [0.1, 0.15) is 43.0 Å². The number of aliphatic hydroxyl groups is 1. The van der Waals surface area contributed by atoms with E-state index in [1.165, 1.54) is 12.1 Å². The van der Waals surface area contributed by atoms with Gasteiger partial charge in [0.1, 0.15) is 0 Å². The Labute approximate surface area is 136 Å². The van der Waals surface area contributed by atoms with E-state index in [2.05, 4.69) is 17.0 Å². The van der Waals surface area contributed by atoms with Gasteiger partial charge in [0, 0.05) is 25.4 Å². The van der Waals surface area contributed by atoms with Crippen LogP contribution in [0.4, 0.5) is 5.69 Å². The van der Waals surface area contributed by atoms with Gasteiger partial charge in [-0.1, -0.05) is 19.8 Å². The summed E-state index contributed by atoms with van der Waals surface area (Å²) in [6.45, 7) is 2.68. The van der Waals surface area contributed by atoms with Crippen LogP contribution in [-0.2, 0) is 10.0 Å². The number of rotatable bonds is 11. The highest BCUT2D eigenvalue weighted by atomic mass is 32.2. The molecule has 0 atom stereocenters. The summed E-state index contributed by atoms with van der Waals surface area (Å²) < 4.78 is 26.5. The molecule has 0 aliphatic carbocycles. The summed E-state index contributed by atoms with van der Waals surface area (Å²) in [5.74, 6) is -1.18. The van der Waals surface area contributed by atoms with Gasteiger partial charge < -0.3 is 15.5 Å². The number of hydrogen-bond donors (Lipinski definition) is 4. The molecule has 0 aliphatic rings. The molecule has 0 heterocycles. The first kappa shape index (κ1) is 19.4. The summed E-state index contributed by atoms with van der Waals surface area (Å²) in [4.78, 5) is 11.3. The molecule has 23 heavy (non-hydrogen) atoms. The van der Waals surface area contributed by atoms with Crippen LogP contribution in [0.5, 0.6) is 0 Å². The summed E-state index contributed by atoms with van der Waals surface area (Å²) in [5, 5.41) is 21.0. The third-order valence-electron chi connectivity index (χ3n) is 3.25. The lowest BCUT2D eigenvalue weighted by molar-refractivity contribution is 0.0697. The quantitative estimate of drug-likeness (QED) is 0.454. The highest BCUT2D eigenvalue weighted by molar-refractivity contribution is 7.89. The molecule has 0 unspecified atom stereocenters. The SMILES string of the molecule is CCCCCNc1ccc(S(=O)(=O)NCCCO)cc1C(=O)O. The number of aliphatic hydroxyl groups excluding tert-OH is 1. The largest absolute Gasteiger partial charge is 0.478 e. The second-order valence-corrected chi connectivity index (χ2v) is 6.89. The zero-order chi connectivity index (χ0) is 17.3. The number of hydrogen-bond acceptors (Lipinski definition) is 5. The summed E-state index contributed by atoms with van der Waals surface area (Å²) >= 11 is 0. The lowest BCUT2D eigenvalue weighted by Crippen LogP contribution is -2.25. The van der Waals surface area contributed by atoms with Gasteiger partial charge in [0.2, 0.25) is 10.0 Å². The van der Waals surface area contributed by atoms with Crippen molar-refractivity contribution < 1.29 is 23.4 Å². The maximum atomic E-state index is 12.1. The number of benzene rings is 1. The van der Waals surface area contributed by atoms with Crippen LogP contribution in [0, 0.1) is 0 Å². The fourth-order valence-corrected chi connectivity index (χ4v) is 3.09. The first-order chi connectivity index (χ1) is 10.9. The van der Waals surface area contributed by atoms with Gasteiger partial charge in [-0.3, -0.25) is 0 Å². The number of carbonyl (C=O) groups is 1. The Bertz CT molecular complexity index is 616. The Morgan fingerprint density at radius 1 is 1.17 bits per heavy atom. The molecule has 1 aromatic rings. The number of unbranched alkanes of at least 4 members (excludes halogenated alkanes) is 2. The topological polar surface area (TPSA) is 116 Å². The summed E-state index contributed by atoms with van der Waals surface area (Å²) in [6.07, 6.45) is 3.31. The third-order valence-corrected chi connectivity index (χ3v) is 4.71. The van der Waals surface area contributed by atoms with Crippen LogP contribution >= 0.6 is 0 Å². The average molecular weight is 344 g/mol. The van der Waals surface area contributed by atoms with Crippen molar-refractivity contribution in [1.29, 1.82) is 0 Å². The molecule has 0 radical (unpaired) electrons. The Morgan fingerprint density at radius 3 is 2.52 bits per heavy atom. The van der Waals surface area contributed by atoms with E-state index in [-0.39, 0.29) is 23.6 Å². The van der Waals surface area contributed by atoms with E-state index in [0.29, 0.717) is 18.7 Å². The monoisotopic (exact) mass is 344 g/mol. The number of anilines is 1. The normalized spacial score (nSPS) is 11.4. The van der Waals surface area contributed by atoms with E-state index in [9.17, 15) is 18.3 Å². The van der Waals surface area contributed by atoms with Crippen molar-refractivity contribution in [3.05, 3.63) is 23.8 Å². The molecule has 0 saturated carbocycles. The van der Waals surface area contributed by atoms with Crippen molar-refractivity contribution in [2.24, 2.45) is 0 Å². The summed E-state index contributed by atoms with van der Waals surface area (Å²) in [5.41, 5.74) is 0.328. The molecule has 0 amide bonds. The van der Waals surface area contributed by atoms with Crippen molar-refractivity contribution in [2.45, 2.75) is 37.5 Å². The molecule has 0 bridgehead atoms. The molecule has 0 saturated heterocycles. The molecule has 1 rings (SSSR count). The summed E-state index contributed by atoms with van der Waals surface area (Å²) in [7, 11) is -3.79. The number of carboxylic acids is 1. The molecule has 1 aromatic carbocycles. The fourth-order valence-electron chi connectivity index (χ4n) is 1.99. The molecule has 130 valence electrons. The smallest absolute Gasteiger partial charge is 0.337 e. The van der Waals surface area contributed by atoms with E-state index in [4.69, 9.17) is 5.11 Å². The van der Waals surface area contributed by atoms with E-state index in [1.807, 2.05) is 0 Å². The van der Waals surface area contributed by atoms with Crippen molar-refractivity contribution in [2.75, 3.05) is 25.0 Å². The molecule has 0 fully saturated rings. The summed E-state index contributed by atoms with van der Waals surface area (Å²) in [6, 6.07) is 3.98. The zero-order valence-corrected chi connectivity index (χ0v) is 14.0. The van der Waals surface area contributed by atoms with Crippen LogP contribution in [0.2, 0.25) is 0 Å². The minimum atomic E-state index is -3.79. The Kier molecular flexibility index (Phi) is 8.01. The second-order valence-electron chi connectivity index (χ2n) is 5.12. The Hall–Kier alpha value is -1.64.